The van der Waals surface area contributed by atoms with Crippen molar-refractivity contribution in [1.29, 1.82) is 0 Å². The number of likely N-dealkylation sites (N-methyl/N-ethyl adjacent to an activating group) is 1. The van der Waals surface area contributed by atoms with Crippen molar-refractivity contribution >= 4 is 23.6 Å². The Kier molecular flexibility index (Phi) is 8.58. The Morgan fingerprint density at radius 2 is 1.54 bits per heavy atom. The molecule has 2 aromatic rings. The molecule has 0 fully saturated rings. The third-order valence-electron chi connectivity index (χ3n) is 4.59. The first-order valence-corrected chi connectivity index (χ1v) is 10.7. The van der Waals surface area contributed by atoms with Gasteiger partial charge in [0.15, 0.2) is 0 Å². The molecule has 4 nitrogen and oxygen atoms in total. The molecule has 0 aliphatic carbocycles. The first-order chi connectivity index (χ1) is 13.4. The SMILES string of the molecule is CCNC(=O)[C@@H](CC)N(Cc1ccc(C)cc1)C(=O)CSc1ccc(C)cc1. The van der Waals surface area contributed by atoms with Gasteiger partial charge in [0, 0.05) is 18.0 Å². The smallest absolute Gasteiger partial charge is 0.242 e. The summed E-state index contributed by atoms with van der Waals surface area (Å²) in [7, 11) is 0. The van der Waals surface area contributed by atoms with Gasteiger partial charge in [-0.05, 0) is 44.9 Å². The van der Waals surface area contributed by atoms with E-state index >= 15 is 0 Å². The Morgan fingerprint density at radius 3 is 2.07 bits per heavy atom. The minimum absolute atomic E-state index is 0.0238. The summed E-state index contributed by atoms with van der Waals surface area (Å²) < 4.78 is 0. The molecule has 2 rings (SSSR count). The van der Waals surface area contributed by atoms with E-state index in [-0.39, 0.29) is 11.8 Å². The number of aryl methyl sites for hydroxylation is 2. The van der Waals surface area contributed by atoms with E-state index in [0.29, 0.717) is 25.3 Å². The van der Waals surface area contributed by atoms with Crippen molar-refractivity contribution in [2.24, 2.45) is 0 Å². The van der Waals surface area contributed by atoms with E-state index in [2.05, 4.69) is 5.32 Å². The van der Waals surface area contributed by atoms with E-state index in [1.165, 1.54) is 22.9 Å². The van der Waals surface area contributed by atoms with Crippen LogP contribution in [0.15, 0.2) is 53.4 Å². The molecule has 0 radical (unpaired) electrons. The van der Waals surface area contributed by atoms with Gasteiger partial charge in [0.05, 0.1) is 5.75 Å². The number of benzene rings is 2. The summed E-state index contributed by atoms with van der Waals surface area (Å²) in [6.07, 6.45) is 0.582. The van der Waals surface area contributed by atoms with Crippen LogP contribution in [0.2, 0.25) is 0 Å². The molecular weight excluding hydrogens is 368 g/mol. The van der Waals surface area contributed by atoms with E-state index in [1.54, 1.807) is 4.90 Å². The van der Waals surface area contributed by atoms with Crippen molar-refractivity contribution in [3.05, 3.63) is 65.2 Å². The van der Waals surface area contributed by atoms with Crippen LogP contribution < -0.4 is 5.32 Å². The molecule has 0 spiro atoms. The number of carbonyl (C=O) groups excluding carboxylic acids is 2. The summed E-state index contributed by atoms with van der Waals surface area (Å²) in [4.78, 5) is 28.4. The molecular formula is C23H30N2O2S. The fourth-order valence-electron chi connectivity index (χ4n) is 2.96. The predicted molar refractivity (Wildman–Crippen MR) is 116 cm³/mol. The lowest BCUT2D eigenvalue weighted by molar-refractivity contribution is -0.139. The molecule has 0 bridgehead atoms. The molecule has 0 unspecified atom stereocenters. The summed E-state index contributed by atoms with van der Waals surface area (Å²) in [6.45, 7) is 8.91. The lowest BCUT2D eigenvalue weighted by atomic mass is 10.1. The summed E-state index contributed by atoms with van der Waals surface area (Å²) in [5.41, 5.74) is 3.40. The van der Waals surface area contributed by atoms with Crippen molar-refractivity contribution in [2.75, 3.05) is 12.3 Å². The molecule has 1 N–H and O–H groups in total. The van der Waals surface area contributed by atoms with Crippen LogP contribution in [-0.2, 0) is 16.1 Å². The summed E-state index contributed by atoms with van der Waals surface area (Å²) in [5, 5.41) is 2.87. The monoisotopic (exact) mass is 398 g/mol. The first-order valence-electron chi connectivity index (χ1n) is 9.76. The predicted octanol–water partition coefficient (Wildman–Crippen LogP) is 4.34. The molecule has 0 saturated heterocycles. The van der Waals surface area contributed by atoms with Gasteiger partial charge in [0.25, 0.3) is 0 Å². The van der Waals surface area contributed by atoms with Crippen molar-refractivity contribution < 1.29 is 9.59 Å². The zero-order valence-corrected chi connectivity index (χ0v) is 18.0. The molecule has 0 saturated carbocycles. The first kappa shape index (κ1) is 22.0. The van der Waals surface area contributed by atoms with Crippen LogP contribution in [0.4, 0.5) is 0 Å². The normalized spacial score (nSPS) is 11.7. The molecule has 0 aromatic heterocycles. The molecule has 150 valence electrons. The molecule has 1 atom stereocenters. The highest BCUT2D eigenvalue weighted by molar-refractivity contribution is 8.00. The fraction of sp³-hybridized carbons (Fsp3) is 0.391. The molecule has 2 aromatic carbocycles. The van der Waals surface area contributed by atoms with Crippen LogP contribution >= 0.6 is 11.8 Å². The number of rotatable bonds is 9. The van der Waals surface area contributed by atoms with E-state index in [9.17, 15) is 9.59 Å². The topological polar surface area (TPSA) is 49.4 Å². The van der Waals surface area contributed by atoms with Gasteiger partial charge in [-0.1, -0.05) is 54.4 Å². The fourth-order valence-corrected chi connectivity index (χ4v) is 3.75. The Morgan fingerprint density at radius 1 is 0.964 bits per heavy atom. The number of carbonyl (C=O) groups is 2. The van der Waals surface area contributed by atoms with Gasteiger partial charge in [0.1, 0.15) is 6.04 Å². The Hall–Kier alpha value is -2.27. The van der Waals surface area contributed by atoms with E-state index in [1.807, 2.05) is 76.2 Å². The van der Waals surface area contributed by atoms with Gasteiger partial charge in [-0.2, -0.15) is 0 Å². The molecule has 5 heteroatoms. The number of amides is 2. The summed E-state index contributed by atoms with van der Waals surface area (Å²) >= 11 is 1.51. The number of hydrogen-bond acceptors (Lipinski definition) is 3. The Bertz CT molecular complexity index is 772. The van der Waals surface area contributed by atoms with Crippen LogP contribution in [0.3, 0.4) is 0 Å². The highest BCUT2D eigenvalue weighted by Gasteiger charge is 2.28. The standard InChI is InChI=1S/C23H30N2O2S/c1-5-21(23(27)24-6-2)25(15-19-11-7-17(3)8-12-19)22(26)16-28-20-13-9-18(4)10-14-20/h7-14,21H,5-6,15-16H2,1-4H3,(H,24,27)/t21-/m1/s1. The lowest BCUT2D eigenvalue weighted by Gasteiger charge is -2.30. The summed E-state index contributed by atoms with van der Waals surface area (Å²) in [6, 6.07) is 15.8. The number of thioether (sulfide) groups is 1. The quantitative estimate of drug-likeness (QED) is 0.639. The number of nitrogens with zero attached hydrogens (tertiary/aromatic N) is 1. The molecule has 0 heterocycles. The third-order valence-corrected chi connectivity index (χ3v) is 5.59. The van der Waals surface area contributed by atoms with Crippen molar-refractivity contribution in [2.45, 2.75) is 51.6 Å². The van der Waals surface area contributed by atoms with Gasteiger partial charge in [-0.15, -0.1) is 11.8 Å². The third kappa shape index (κ3) is 6.41. The van der Waals surface area contributed by atoms with Gasteiger partial charge in [-0.3, -0.25) is 9.59 Å². The maximum Gasteiger partial charge on any atom is 0.242 e. The maximum absolute atomic E-state index is 13.1. The Balaban J connectivity index is 2.16. The van der Waals surface area contributed by atoms with Crippen molar-refractivity contribution in [3.8, 4) is 0 Å². The van der Waals surface area contributed by atoms with Crippen LogP contribution in [0.1, 0.15) is 37.0 Å². The van der Waals surface area contributed by atoms with E-state index in [0.717, 1.165) is 10.5 Å². The Labute approximate surface area is 172 Å². The summed E-state index contributed by atoms with van der Waals surface area (Å²) in [5.74, 6) is 0.195. The van der Waals surface area contributed by atoms with Gasteiger partial charge in [-0.25, -0.2) is 0 Å². The second-order valence-electron chi connectivity index (χ2n) is 6.93. The second-order valence-corrected chi connectivity index (χ2v) is 7.98. The molecule has 2 amide bonds. The number of hydrogen-bond donors (Lipinski definition) is 1. The van der Waals surface area contributed by atoms with Crippen LogP contribution in [-0.4, -0.2) is 35.1 Å². The zero-order chi connectivity index (χ0) is 20.5. The minimum Gasteiger partial charge on any atom is -0.355 e. The van der Waals surface area contributed by atoms with Gasteiger partial charge < -0.3 is 10.2 Å². The molecule has 0 aliphatic heterocycles. The van der Waals surface area contributed by atoms with Crippen LogP contribution in [0, 0.1) is 13.8 Å². The van der Waals surface area contributed by atoms with Crippen LogP contribution in [0.5, 0.6) is 0 Å². The number of nitrogens with one attached hydrogen (secondary N) is 1. The molecule has 0 aliphatic rings. The van der Waals surface area contributed by atoms with E-state index < -0.39 is 6.04 Å². The van der Waals surface area contributed by atoms with Crippen molar-refractivity contribution in [3.63, 3.8) is 0 Å². The minimum atomic E-state index is -0.465. The second kappa shape index (κ2) is 10.9. The van der Waals surface area contributed by atoms with Gasteiger partial charge in [0.2, 0.25) is 11.8 Å². The van der Waals surface area contributed by atoms with Crippen LogP contribution in [0.25, 0.3) is 0 Å². The largest absolute Gasteiger partial charge is 0.355 e. The van der Waals surface area contributed by atoms with Crippen molar-refractivity contribution in [1.82, 2.24) is 10.2 Å². The molecule has 28 heavy (non-hydrogen) atoms. The highest BCUT2D eigenvalue weighted by atomic mass is 32.2. The average molecular weight is 399 g/mol. The lowest BCUT2D eigenvalue weighted by Crippen LogP contribution is -2.49. The van der Waals surface area contributed by atoms with E-state index in [4.69, 9.17) is 0 Å². The average Bonchev–Trinajstić information content (AvgIpc) is 2.69. The zero-order valence-electron chi connectivity index (χ0n) is 17.2. The maximum atomic E-state index is 13.1. The van der Waals surface area contributed by atoms with Gasteiger partial charge >= 0.3 is 0 Å². The highest BCUT2D eigenvalue weighted by Crippen LogP contribution is 2.21.